The predicted octanol–water partition coefficient (Wildman–Crippen LogP) is 6.21. The molecule has 0 fully saturated rings. The van der Waals surface area contributed by atoms with Gasteiger partial charge in [-0.25, -0.2) is 0 Å². The zero-order chi connectivity index (χ0) is 23.0. The van der Waals surface area contributed by atoms with Crippen LogP contribution in [-0.4, -0.2) is 19.7 Å². The van der Waals surface area contributed by atoms with Gasteiger partial charge in [-0.05, 0) is 64.9 Å². The predicted molar refractivity (Wildman–Crippen MR) is 134 cm³/mol. The Morgan fingerprint density at radius 2 is 1.58 bits per heavy atom. The fraction of sp³-hybridized carbons (Fsp3) is 0.207. The van der Waals surface area contributed by atoms with Crippen LogP contribution in [0.1, 0.15) is 24.0 Å². The summed E-state index contributed by atoms with van der Waals surface area (Å²) in [6.45, 7) is 0.571. The first kappa shape index (κ1) is 22.4. The van der Waals surface area contributed by atoms with E-state index in [1.165, 1.54) is 18.1 Å². The lowest BCUT2D eigenvalue weighted by Crippen LogP contribution is -2.06. The summed E-state index contributed by atoms with van der Waals surface area (Å²) in [7, 11) is 1.41. The lowest BCUT2D eigenvalue weighted by atomic mass is 9.96. The number of fused-ring (bicyclic) bond motifs is 1. The smallest absolute Gasteiger partial charge is 0.305 e. The summed E-state index contributed by atoms with van der Waals surface area (Å²) >= 11 is 0. The van der Waals surface area contributed by atoms with Gasteiger partial charge in [-0.3, -0.25) is 4.79 Å². The second kappa shape index (κ2) is 10.7. The van der Waals surface area contributed by atoms with Crippen LogP contribution >= 0.6 is 0 Å². The molecule has 0 atom stereocenters. The molecule has 4 heteroatoms. The number of carbonyl (C=O) groups is 1. The van der Waals surface area contributed by atoms with Crippen LogP contribution in [0, 0.1) is 0 Å². The Hall–Kier alpha value is -3.79. The zero-order valence-corrected chi connectivity index (χ0v) is 18.9. The highest BCUT2D eigenvalue weighted by Crippen LogP contribution is 2.38. The van der Waals surface area contributed by atoms with Crippen molar-refractivity contribution in [3.05, 3.63) is 96.1 Å². The molecular formula is C29H29NO3. The summed E-state index contributed by atoms with van der Waals surface area (Å²) in [5.74, 6) is 0.460. The van der Waals surface area contributed by atoms with E-state index in [9.17, 15) is 4.79 Å². The maximum absolute atomic E-state index is 11.7. The number of hydrogen-bond acceptors (Lipinski definition) is 4. The molecular weight excluding hydrogens is 410 g/mol. The molecule has 4 nitrogen and oxygen atoms in total. The first-order valence-electron chi connectivity index (χ1n) is 11.3. The molecule has 33 heavy (non-hydrogen) atoms. The number of rotatable bonds is 9. The molecule has 0 aliphatic heterocycles. The lowest BCUT2D eigenvalue weighted by Gasteiger charge is -2.17. The van der Waals surface area contributed by atoms with Gasteiger partial charge in [0.1, 0.15) is 5.75 Å². The van der Waals surface area contributed by atoms with Gasteiger partial charge in [0, 0.05) is 12.0 Å². The first-order valence-corrected chi connectivity index (χ1v) is 11.3. The van der Waals surface area contributed by atoms with Crippen LogP contribution in [-0.2, 0) is 22.4 Å². The van der Waals surface area contributed by atoms with Crippen LogP contribution in [0.5, 0.6) is 5.75 Å². The van der Waals surface area contributed by atoms with Gasteiger partial charge in [0.25, 0.3) is 0 Å². The summed E-state index contributed by atoms with van der Waals surface area (Å²) in [5, 5.41) is 2.34. The van der Waals surface area contributed by atoms with Crippen molar-refractivity contribution in [3.63, 3.8) is 0 Å². The normalized spacial score (nSPS) is 10.8. The van der Waals surface area contributed by atoms with Crippen molar-refractivity contribution in [3.8, 4) is 16.9 Å². The van der Waals surface area contributed by atoms with Crippen LogP contribution in [0.4, 0.5) is 5.69 Å². The number of anilines is 1. The maximum Gasteiger partial charge on any atom is 0.305 e. The van der Waals surface area contributed by atoms with E-state index < -0.39 is 0 Å². The van der Waals surface area contributed by atoms with E-state index in [0.717, 1.165) is 34.9 Å². The Morgan fingerprint density at radius 1 is 0.818 bits per heavy atom. The Bertz CT molecular complexity index is 1230. The van der Waals surface area contributed by atoms with E-state index in [2.05, 4.69) is 60.7 Å². The van der Waals surface area contributed by atoms with Crippen molar-refractivity contribution in [1.82, 2.24) is 0 Å². The second-order valence-electron chi connectivity index (χ2n) is 8.14. The van der Waals surface area contributed by atoms with Crippen molar-refractivity contribution < 1.29 is 14.3 Å². The summed E-state index contributed by atoms with van der Waals surface area (Å²) < 4.78 is 11.0. The van der Waals surface area contributed by atoms with Gasteiger partial charge in [-0.15, -0.1) is 0 Å². The number of nitrogen functional groups attached to an aromatic ring is 1. The summed E-state index contributed by atoms with van der Waals surface area (Å²) in [4.78, 5) is 11.7. The van der Waals surface area contributed by atoms with Crippen LogP contribution in [0.3, 0.4) is 0 Å². The molecule has 0 radical (unpaired) electrons. The van der Waals surface area contributed by atoms with Gasteiger partial charge in [0.2, 0.25) is 0 Å². The average Bonchev–Trinajstić information content (AvgIpc) is 2.86. The quantitative estimate of drug-likeness (QED) is 0.191. The number of ether oxygens (including phenoxy) is 2. The number of aryl methyl sites for hydroxylation is 2. The number of carbonyl (C=O) groups excluding carboxylic acids is 1. The summed E-state index contributed by atoms with van der Waals surface area (Å²) in [5.41, 5.74) is 11.3. The van der Waals surface area contributed by atoms with Crippen molar-refractivity contribution in [2.24, 2.45) is 0 Å². The first-order chi connectivity index (χ1) is 16.1. The van der Waals surface area contributed by atoms with E-state index in [4.69, 9.17) is 15.2 Å². The molecule has 0 aliphatic rings. The molecule has 0 unspecified atom stereocenters. The number of hydrogen-bond donors (Lipinski definition) is 1. The number of esters is 1. The van der Waals surface area contributed by atoms with Gasteiger partial charge >= 0.3 is 5.97 Å². The van der Waals surface area contributed by atoms with Crippen LogP contribution < -0.4 is 10.5 Å². The summed E-state index contributed by atoms with van der Waals surface area (Å²) in [6.07, 6.45) is 2.71. The van der Waals surface area contributed by atoms with Gasteiger partial charge in [0.15, 0.2) is 0 Å². The highest BCUT2D eigenvalue weighted by molar-refractivity contribution is 5.89. The third kappa shape index (κ3) is 5.72. The van der Waals surface area contributed by atoms with Crippen molar-refractivity contribution in [2.75, 3.05) is 19.5 Å². The maximum atomic E-state index is 11.7. The number of nitrogens with two attached hydrogens (primary N) is 1. The van der Waals surface area contributed by atoms with Crippen LogP contribution in [0.2, 0.25) is 0 Å². The second-order valence-corrected chi connectivity index (χ2v) is 8.14. The molecule has 168 valence electrons. The highest BCUT2D eigenvalue weighted by atomic mass is 16.5. The molecule has 0 amide bonds. The average molecular weight is 440 g/mol. The molecule has 0 aromatic heterocycles. The Kier molecular flexibility index (Phi) is 7.26. The van der Waals surface area contributed by atoms with E-state index in [1.54, 1.807) is 0 Å². The van der Waals surface area contributed by atoms with Gasteiger partial charge < -0.3 is 15.2 Å². The number of methoxy groups -OCH3 is 1. The van der Waals surface area contributed by atoms with E-state index >= 15 is 0 Å². The fourth-order valence-corrected chi connectivity index (χ4v) is 4.03. The van der Waals surface area contributed by atoms with Gasteiger partial charge in [-0.2, -0.15) is 0 Å². The van der Waals surface area contributed by atoms with E-state index in [0.29, 0.717) is 30.9 Å². The molecule has 4 aromatic carbocycles. The molecule has 0 spiro atoms. The number of benzene rings is 4. The van der Waals surface area contributed by atoms with Crippen molar-refractivity contribution in [1.29, 1.82) is 0 Å². The molecule has 0 aliphatic carbocycles. The molecule has 4 aromatic rings. The Labute approximate surface area is 195 Å². The standard InChI is InChI=1S/C29H29NO3/c1-32-28(31)16-13-22-18-26(25-15-14-23-11-5-6-12-24(23)20-25)29(27(30)19-22)33-17-7-10-21-8-3-2-4-9-21/h2-6,8-9,11-12,14-15,18-20H,7,10,13,16-17,30H2,1H3. The molecule has 0 saturated heterocycles. The SMILES string of the molecule is COC(=O)CCc1cc(N)c(OCCCc2ccccc2)c(-c2ccc3ccccc3c2)c1. The van der Waals surface area contributed by atoms with E-state index in [-0.39, 0.29) is 5.97 Å². The van der Waals surface area contributed by atoms with Gasteiger partial charge in [0.05, 0.1) is 19.4 Å². The minimum Gasteiger partial charge on any atom is -0.491 e. The Morgan fingerprint density at radius 3 is 2.36 bits per heavy atom. The molecule has 0 bridgehead atoms. The third-order valence-corrected chi connectivity index (χ3v) is 5.78. The van der Waals surface area contributed by atoms with Crippen LogP contribution in [0.15, 0.2) is 84.9 Å². The highest BCUT2D eigenvalue weighted by Gasteiger charge is 2.14. The topological polar surface area (TPSA) is 61.5 Å². The largest absolute Gasteiger partial charge is 0.491 e. The lowest BCUT2D eigenvalue weighted by molar-refractivity contribution is -0.140. The van der Waals surface area contributed by atoms with Gasteiger partial charge in [-0.1, -0.05) is 66.7 Å². The molecule has 0 heterocycles. The van der Waals surface area contributed by atoms with E-state index in [1.807, 2.05) is 24.3 Å². The zero-order valence-electron chi connectivity index (χ0n) is 18.9. The van der Waals surface area contributed by atoms with Crippen molar-refractivity contribution >= 4 is 22.4 Å². The Balaban J connectivity index is 1.61. The van der Waals surface area contributed by atoms with Crippen LogP contribution in [0.25, 0.3) is 21.9 Å². The fourth-order valence-electron chi connectivity index (χ4n) is 4.03. The minimum absolute atomic E-state index is 0.234. The monoisotopic (exact) mass is 439 g/mol. The molecule has 4 rings (SSSR count). The van der Waals surface area contributed by atoms with Crippen molar-refractivity contribution in [2.45, 2.75) is 25.7 Å². The molecule has 0 saturated carbocycles. The minimum atomic E-state index is -0.234. The molecule has 2 N–H and O–H groups in total. The summed E-state index contributed by atoms with van der Waals surface area (Å²) in [6, 6.07) is 29.0. The third-order valence-electron chi connectivity index (χ3n) is 5.78.